The maximum atomic E-state index is 11.9. The third-order valence-corrected chi connectivity index (χ3v) is 4.53. The predicted octanol–water partition coefficient (Wildman–Crippen LogP) is 1.02. The Labute approximate surface area is 105 Å². The van der Waals surface area contributed by atoms with Gasteiger partial charge in [0.15, 0.2) is 5.69 Å². The van der Waals surface area contributed by atoms with Gasteiger partial charge in [0.2, 0.25) is 0 Å². The average Bonchev–Trinajstić information content (AvgIpc) is 2.83. The molecular weight excluding hydrogens is 236 g/mol. The van der Waals surface area contributed by atoms with E-state index in [2.05, 4.69) is 17.3 Å². The summed E-state index contributed by atoms with van der Waals surface area (Å²) in [5.74, 6) is 0.995. The van der Waals surface area contributed by atoms with Gasteiger partial charge in [-0.05, 0) is 25.5 Å². The fourth-order valence-electron chi connectivity index (χ4n) is 2.01. The first-order valence-corrected chi connectivity index (χ1v) is 6.70. The van der Waals surface area contributed by atoms with E-state index < -0.39 is 0 Å². The molecule has 1 unspecified atom stereocenters. The number of carbonyl (C=O) groups is 1. The molecule has 1 aromatic rings. The second-order valence-electron chi connectivity index (χ2n) is 4.69. The average molecular weight is 254 g/mol. The van der Waals surface area contributed by atoms with Crippen LogP contribution in [0.4, 0.5) is 5.69 Å². The van der Waals surface area contributed by atoms with E-state index in [-0.39, 0.29) is 10.7 Å². The number of amides is 1. The van der Waals surface area contributed by atoms with Gasteiger partial charge in [0.05, 0.1) is 5.69 Å². The smallest absolute Gasteiger partial charge is 0.273 e. The molecule has 1 saturated heterocycles. The topological polar surface area (TPSA) is 72.9 Å². The lowest BCUT2D eigenvalue weighted by molar-refractivity contribution is 0.0945. The zero-order valence-electron chi connectivity index (χ0n) is 10.2. The van der Waals surface area contributed by atoms with Crippen molar-refractivity contribution >= 4 is 23.4 Å². The number of nitrogens with two attached hydrogens (primary N) is 1. The number of nitrogens with zero attached hydrogens (tertiary/aromatic N) is 2. The van der Waals surface area contributed by atoms with Crippen molar-refractivity contribution in [1.82, 2.24) is 15.1 Å². The fraction of sp³-hybridized carbons (Fsp3) is 0.636. The lowest BCUT2D eigenvalue weighted by Crippen LogP contribution is -2.37. The lowest BCUT2D eigenvalue weighted by atomic mass is 10.1. The molecule has 0 radical (unpaired) electrons. The second kappa shape index (κ2) is 4.60. The molecule has 6 heteroatoms. The van der Waals surface area contributed by atoms with Gasteiger partial charge in [-0.1, -0.05) is 0 Å². The third kappa shape index (κ3) is 2.74. The first-order valence-electron chi connectivity index (χ1n) is 5.71. The van der Waals surface area contributed by atoms with Crippen LogP contribution in [0.1, 0.15) is 30.3 Å². The number of aryl methyl sites for hydroxylation is 1. The first kappa shape index (κ1) is 12.3. The number of carbonyl (C=O) groups excluding carboxylic acids is 1. The quantitative estimate of drug-likeness (QED) is 0.844. The van der Waals surface area contributed by atoms with Crippen molar-refractivity contribution in [3.8, 4) is 0 Å². The van der Waals surface area contributed by atoms with Gasteiger partial charge < -0.3 is 11.1 Å². The van der Waals surface area contributed by atoms with Gasteiger partial charge >= 0.3 is 0 Å². The van der Waals surface area contributed by atoms with E-state index in [1.807, 2.05) is 11.8 Å². The number of anilines is 1. The zero-order chi connectivity index (χ0) is 12.5. The molecule has 1 amide bonds. The van der Waals surface area contributed by atoms with Crippen LogP contribution in [0.5, 0.6) is 0 Å². The van der Waals surface area contributed by atoms with E-state index >= 15 is 0 Å². The highest BCUT2D eigenvalue weighted by Gasteiger charge is 2.30. The highest BCUT2D eigenvalue weighted by atomic mass is 32.2. The standard InChI is InChI=1S/C11H18N4OS/c1-11(4-3-5-17-11)7-13-10(16)9-8(12)6-15(2)14-9/h6H,3-5,7,12H2,1-2H3,(H,13,16). The van der Waals surface area contributed by atoms with Gasteiger partial charge in [-0.3, -0.25) is 9.48 Å². The van der Waals surface area contributed by atoms with Gasteiger partial charge in [-0.25, -0.2) is 0 Å². The van der Waals surface area contributed by atoms with Crippen molar-refractivity contribution in [2.75, 3.05) is 18.0 Å². The largest absolute Gasteiger partial charge is 0.396 e. The molecule has 1 atom stereocenters. The molecule has 3 N–H and O–H groups in total. The van der Waals surface area contributed by atoms with Gasteiger partial charge in [-0.2, -0.15) is 16.9 Å². The molecule has 2 heterocycles. The van der Waals surface area contributed by atoms with Crippen molar-refractivity contribution in [3.05, 3.63) is 11.9 Å². The van der Waals surface area contributed by atoms with E-state index in [1.165, 1.54) is 12.2 Å². The molecule has 0 saturated carbocycles. The number of aromatic nitrogens is 2. The van der Waals surface area contributed by atoms with E-state index in [9.17, 15) is 4.79 Å². The molecule has 94 valence electrons. The summed E-state index contributed by atoms with van der Waals surface area (Å²) in [7, 11) is 1.75. The van der Waals surface area contributed by atoms with Gasteiger partial charge in [-0.15, -0.1) is 0 Å². The van der Waals surface area contributed by atoms with Crippen LogP contribution in [0.3, 0.4) is 0 Å². The summed E-state index contributed by atoms with van der Waals surface area (Å²) < 4.78 is 1.72. The van der Waals surface area contributed by atoms with Gasteiger partial charge in [0.1, 0.15) is 0 Å². The molecule has 17 heavy (non-hydrogen) atoms. The van der Waals surface area contributed by atoms with E-state index in [0.29, 0.717) is 17.9 Å². The van der Waals surface area contributed by atoms with Gasteiger partial charge in [0.25, 0.3) is 5.91 Å². The highest BCUT2D eigenvalue weighted by Crippen LogP contribution is 2.36. The molecule has 0 aromatic carbocycles. The Bertz CT molecular complexity index is 423. The van der Waals surface area contributed by atoms with Crippen LogP contribution in [0, 0.1) is 0 Å². The minimum Gasteiger partial charge on any atom is -0.396 e. The summed E-state index contributed by atoms with van der Waals surface area (Å²) in [6.07, 6.45) is 4.01. The summed E-state index contributed by atoms with van der Waals surface area (Å²) in [6.45, 7) is 2.86. The molecule has 5 nitrogen and oxygen atoms in total. The number of rotatable bonds is 3. The van der Waals surface area contributed by atoms with Crippen molar-refractivity contribution in [2.45, 2.75) is 24.5 Å². The summed E-state index contributed by atoms with van der Waals surface area (Å²) in [4.78, 5) is 11.9. The Balaban J connectivity index is 1.95. The Morgan fingerprint density at radius 3 is 3.06 bits per heavy atom. The molecule has 0 aliphatic carbocycles. The second-order valence-corrected chi connectivity index (χ2v) is 6.37. The van der Waals surface area contributed by atoms with Crippen molar-refractivity contribution in [1.29, 1.82) is 0 Å². The number of thioether (sulfide) groups is 1. The Kier molecular flexibility index (Phi) is 3.33. The number of hydrogen-bond acceptors (Lipinski definition) is 4. The third-order valence-electron chi connectivity index (χ3n) is 3.00. The maximum Gasteiger partial charge on any atom is 0.273 e. The number of hydrogen-bond donors (Lipinski definition) is 2. The molecular formula is C11H18N4OS. The van der Waals surface area contributed by atoms with Crippen LogP contribution in [-0.2, 0) is 7.05 Å². The van der Waals surface area contributed by atoms with Crippen LogP contribution < -0.4 is 11.1 Å². The van der Waals surface area contributed by atoms with Crippen molar-refractivity contribution in [2.24, 2.45) is 7.05 Å². The Hall–Kier alpha value is -1.17. The first-order chi connectivity index (χ1) is 8.00. The summed E-state index contributed by atoms with van der Waals surface area (Å²) >= 11 is 1.92. The zero-order valence-corrected chi connectivity index (χ0v) is 11.0. The van der Waals surface area contributed by atoms with Crippen LogP contribution in [0.2, 0.25) is 0 Å². The molecule has 0 spiro atoms. The Morgan fingerprint density at radius 1 is 1.76 bits per heavy atom. The lowest BCUT2D eigenvalue weighted by Gasteiger charge is -2.22. The molecule has 1 fully saturated rings. The van der Waals surface area contributed by atoms with Crippen LogP contribution in [-0.4, -0.2) is 32.7 Å². The monoisotopic (exact) mass is 254 g/mol. The fourth-order valence-corrected chi connectivity index (χ4v) is 3.25. The van der Waals surface area contributed by atoms with Crippen LogP contribution in [0.15, 0.2) is 6.20 Å². The number of nitrogen functional groups attached to an aromatic ring is 1. The molecule has 2 rings (SSSR count). The summed E-state index contributed by atoms with van der Waals surface area (Å²) in [5, 5.41) is 6.97. The number of nitrogens with one attached hydrogen (secondary N) is 1. The summed E-state index contributed by atoms with van der Waals surface area (Å²) in [5.41, 5.74) is 6.45. The molecule has 1 aromatic heterocycles. The molecule has 1 aliphatic heterocycles. The molecule has 1 aliphatic rings. The van der Waals surface area contributed by atoms with Crippen LogP contribution in [0.25, 0.3) is 0 Å². The normalized spacial score (nSPS) is 23.9. The maximum absolute atomic E-state index is 11.9. The molecule has 0 bridgehead atoms. The SMILES string of the molecule is Cn1cc(N)c(C(=O)NCC2(C)CCCS2)n1. The van der Waals surface area contributed by atoms with Crippen LogP contribution >= 0.6 is 11.8 Å². The summed E-state index contributed by atoms with van der Waals surface area (Å²) in [6, 6.07) is 0. The van der Waals surface area contributed by atoms with E-state index in [0.717, 1.165) is 6.42 Å². The van der Waals surface area contributed by atoms with E-state index in [4.69, 9.17) is 5.73 Å². The van der Waals surface area contributed by atoms with Crippen molar-refractivity contribution < 1.29 is 4.79 Å². The minimum absolute atomic E-state index is 0.166. The van der Waals surface area contributed by atoms with Crippen molar-refractivity contribution in [3.63, 3.8) is 0 Å². The Morgan fingerprint density at radius 2 is 2.53 bits per heavy atom. The van der Waals surface area contributed by atoms with E-state index in [1.54, 1.807) is 17.9 Å². The minimum atomic E-state index is -0.183. The highest BCUT2D eigenvalue weighted by molar-refractivity contribution is 8.00. The van der Waals surface area contributed by atoms with Gasteiger partial charge in [0, 0.05) is 24.5 Å². The predicted molar refractivity (Wildman–Crippen MR) is 70.1 cm³/mol.